The molecule has 19 heavy (non-hydrogen) atoms. The zero-order valence-corrected chi connectivity index (χ0v) is 12.5. The predicted octanol–water partition coefficient (Wildman–Crippen LogP) is 2.59. The number of phosphoric acid groups is 1. The summed E-state index contributed by atoms with van der Waals surface area (Å²) >= 11 is 0. The van der Waals surface area contributed by atoms with Gasteiger partial charge in [0.1, 0.15) is 0 Å². The monoisotopic (exact) mass is 310 g/mol. The van der Waals surface area contributed by atoms with Crippen molar-refractivity contribution in [3.05, 3.63) is 35.4 Å². The van der Waals surface area contributed by atoms with Gasteiger partial charge in [-0.05, 0) is 12.5 Å². The number of aryl methyl sites for hydroxylation is 1. The van der Waals surface area contributed by atoms with E-state index in [0.29, 0.717) is 5.56 Å². The van der Waals surface area contributed by atoms with Crippen LogP contribution in [0.4, 0.5) is 0 Å². The van der Waals surface area contributed by atoms with Crippen LogP contribution in [0, 0.1) is 6.92 Å². The second kappa shape index (κ2) is 6.29. The Kier molecular flexibility index (Phi) is 5.47. The molecule has 0 radical (unpaired) electrons. The highest BCUT2D eigenvalue weighted by Crippen LogP contribution is 2.64. The van der Waals surface area contributed by atoms with Crippen molar-refractivity contribution in [3.63, 3.8) is 0 Å². The van der Waals surface area contributed by atoms with Gasteiger partial charge >= 0.3 is 15.4 Å². The summed E-state index contributed by atoms with van der Waals surface area (Å²) in [5, 5.41) is 0. The molecule has 0 spiro atoms. The number of benzene rings is 1. The average molecular weight is 310 g/mol. The van der Waals surface area contributed by atoms with Crippen LogP contribution in [0.25, 0.3) is 0 Å². The van der Waals surface area contributed by atoms with Crippen LogP contribution >= 0.6 is 15.4 Å². The largest absolute Gasteiger partial charge is 0.470 e. The van der Waals surface area contributed by atoms with Gasteiger partial charge in [-0.3, -0.25) is 9.09 Å². The highest BCUT2D eigenvalue weighted by atomic mass is 31.2. The van der Waals surface area contributed by atoms with E-state index in [1.807, 2.05) is 6.92 Å². The fourth-order valence-corrected chi connectivity index (χ4v) is 3.71. The van der Waals surface area contributed by atoms with Crippen molar-refractivity contribution in [2.45, 2.75) is 12.8 Å². The lowest BCUT2D eigenvalue weighted by molar-refractivity contribution is 0.142. The highest BCUT2D eigenvalue weighted by molar-refractivity contribution is 7.55. The molecule has 0 bridgehead atoms. The molecule has 0 heterocycles. The third-order valence-corrected chi connectivity index (χ3v) is 5.04. The molecule has 0 amide bonds. The van der Waals surface area contributed by atoms with Crippen LogP contribution in [0.15, 0.2) is 24.3 Å². The lowest BCUT2D eigenvalue weighted by atomic mass is 10.2. The molecule has 1 aromatic rings. The standard InChI is InChI=1S/C10H16O7P2/c1-8-4-6-9(7-5-8)10(17-19(12,13)14)18(11,15-2)16-3/h4-7,10H,1-3H3,(H2,12,13,14). The number of hydrogen-bond donors (Lipinski definition) is 2. The van der Waals surface area contributed by atoms with Crippen LogP contribution in [0.5, 0.6) is 0 Å². The summed E-state index contributed by atoms with van der Waals surface area (Å²) in [7, 11) is -6.45. The first kappa shape index (κ1) is 16.5. The summed E-state index contributed by atoms with van der Waals surface area (Å²) < 4.78 is 37.4. The van der Waals surface area contributed by atoms with Gasteiger partial charge in [0.15, 0.2) is 5.85 Å². The first-order valence-electron chi connectivity index (χ1n) is 5.23. The summed E-state index contributed by atoms with van der Waals surface area (Å²) in [5.74, 6) is -1.50. The maximum absolute atomic E-state index is 12.3. The van der Waals surface area contributed by atoms with Crippen LogP contribution in [0.1, 0.15) is 17.0 Å². The second-order valence-corrected chi connectivity index (χ2v) is 7.23. The third kappa shape index (κ3) is 4.51. The molecule has 2 N–H and O–H groups in total. The van der Waals surface area contributed by atoms with Crippen LogP contribution in [-0.4, -0.2) is 24.0 Å². The minimum absolute atomic E-state index is 0.293. The van der Waals surface area contributed by atoms with Crippen molar-refractivity contribution < 1.29 is 32.5 Å². The molecular weight excluding hydrogens is 294 g/mol. The lowest BCUT2D eigenvalue weighted by Gasteiger charge is -2.24. The summed E-state index contributed by atoms with van der Waals surface area (Å²) in [6.07, 6.45) is 0. The predicted molar refractivity (Wildman–Crippen MR) is 68.7 cm³/mol. The zero-order chi connectivity index (χ0) is 14.7. The Morgan fingerprint density at radius 3 is 1.89 bits per heavy atom. The minimum Gasteiger partial charge on any atom is -0.310 e. The first-order valence-corrected chi connectivity index (χ1v) is 8.38. The van der Waals surface area contributed by atoms with Gasteiger partial charge in [-0.15, -0.1) is 0 Å². The van der Waals surface area contributed by atoms with Crippen molar-refractivity contribution in [3.8, 4) is 0 Å². The number of rotatable bonds is 6. The molecule has 0 fully saturated rings. The zero-order valence-electron chi connectivity index (χ0n) is 10.7. The molecule has 108 valence electrons. The normalized spacial score (nSPS) is 14.4. The van der Waals surface area contributed by atoms with Gasteiger partial charge in [0.05, 0.1) is 0 Å². The van der Waals surface area contributed by atoms with Crippen LogP contribution in [-0.2, 0) is 22.7 Å². The Hall–Kier alpha value is -0.520. The van der Waals surface area contributed by atoms with Crippen LogP contribution in [0.2, 0.25) is 0 Å². The molecule has 7 nitrogen and oxygen atoms in total. The summed E-state index contributed by atoms with van der Waals surface area (Å²) in [5.41, 5.74) is 1.23. The van der Waals surface area contributed by atoms with E-state index in [2.05, 4.69) is 4.52 Å². The molecule has 0 saturated heterocycles. The number of phosphoric ester groups is 1. The van der Waals surface area contributed by atoms with E-state index in [4.69, 9.17) is 18.8 Å². The van der Waals surface area contributed by atoms with Crippen molar-refractivity contribution in [1.29, 1.82) is 0 Å². The fourth-order valence-electron chi connectivity index (χ4n) is 1.43. The lowest BCUT2D eigenvalue weighted by Crippen LogP contribution is -2.07. The van der Waals surface area contributed by atoms with Crippen molar-refractivity contribution in [1.82, 2.24) is 0 Å². The van der Waals surface area contributed by atoms with Gasteiger partial charge in [0.2, 0.25) is 0 Å². The summed E-state index contributed by atoms with van der Waals surface area (Å²) in [6.45, 7) is 1.84. The van der Waals surface area contributed by atoms with Gasteiger partial charge in [-0.2, -0.15) is 0 Å². The van der Waals surface area contributed by atoms with Crippen molar-refractivity contribution in [2.24, 2.45) is 0 Å². The Morgan fingerprint density at radius 2 is 1.53 bits per heavy atom. The highest BCUT2D eigenvalue weighted by Gasteiger charge is 2.41. The molecule has 0 aliphatic rings. The van der Waals surface area contributed by atoms with Gasteiger partial charge in [-0.1, -0.05) is 29.8 Å². The SMILES string of the molecule is COP(=O)(OC)C(OP(=O)(O)O)c1ccc(C)cc1. The molecule has 9 heteroatoms. The maximum atomic E-state index is 12.3. The van der Waals surface area contributed by atoms with E-state index in [1.54, 1.807) is 24.3 Å². The van der Waals surface area contributed by atoms with Gasteiger partial charge < -0.3 is 18.8 Å². The van der Waals surface area contributed by atoms with E-state index in [9.17, 15) is 9.13 Å². The van der Waals surface area contributed by atoms with Crippen molar-refractivity contribution in [2.75, 3.05) is 14.2 Å². The third-order valence-electron chi connectivity index (χ3n) is 2.40. The van der Waals surface area contributed by atoms with Crippen LogP contribution < -0.4 is 0 Å². The van der Waals surface area contributed by atoms with Gasteiger partial charge in [-0.25, -0.2) is 4.57 Å². The smallest absolute Gasteiger partial charge is 0.310 e. The second-order valence-electron chi connectivity index (χ2n) is 3.76. The molecule has 0 aliphatic carbocycles. The maximum Gasteiger partial charge on any atom is 0.470 e. The summed E-state index contributed by atoms with van der Waals surface area (Å²) in [6, 6.07) is 6.47. The molecule has 1 rings (SSSR count). The van der Waals surface area contributed by atoms with E-state index >= 15 is 0 Å². The minimum atomic E-state index is -4.85. The molecular formula is C10H16O7P2. The molecule has 0 aliphatic heterocycles. The van der Waals surface area contributed by atoms with Crippen LogP contribution in [0.3, 0.4) is 0 Å². The van der Waals surface area contributed by atoms with E-state index in [1.165, 1.54) is 0 Å². The fraction of sp³-hybridized carbons (Fsp3) is 0.400. The number of hydrogen-bond acceptors (Lipinski definition) is 5. The van der Waals surface area contributed by atoms with Gasteiger partial charge in [0.25, 0.3) is 0 Å². The summed E-state index contributed by atoms with van der Waals surface area (Å²) in [4.78, 5) is 17.8. The first-order chi connectivity index (χ1) is 8.72. The Morgan fingerprint density at radius 1 is 1.05 bits per heavy atom. The molecule has 0 saturated carbocycles. The molecule has 1 atom stereocenters. The Balaban J connectivity index is 3.23. The Bertz CT molecular complexity index is 499. The molecule has 1 unspecified atom stereocenters. The molecule has 0 aromatic heterocycles. The van der Waals surface area contributed by atoms with E-state index < -0.39 is 21.3 Å². The van der Waals surface area contributed by atoms with E-state index in [-0.39, 0.29) is 0 Å². The average Bonchev–Trinajstić information content (AvgIpc) is 2.35. The van der Waals surface area contributed by atoms with Gasteiger partial charge in [0, 0.05) is 14.2 Å². The van der Waals surface area contributed by atoms with Crippen molar-refractivity contribution >= 4 is 15.4 Å². The molecule has 1 aromatic carbocycles. The topological polar surface area (TPSA) is 102 Å². The van der Waals surface area contributed by atoms with E-state index in [0.717, 1.165) is 19.8 Å². The quantitative estimate of drug-likeness (QED) is 0.778. The Labute approximate surface area is 111 Å².